The van der Waals surface area contributed by atoms with Crippen molar-refractivity contribution < 1.29 is 4.79 Å². The zero-order valence-electron chi connectivity index (χ0n) is 15.8. The Labute approximate surface area is 155 Å². The van der Waals surface area contributed by atoms with E-state index in [0.717, 1.165) is 51.0 Å². The summed E-state index contributed by atoms with van der Waals surface area (Å²) in [5.74, 6) is 1.85. The molecule has 1 aromatic heterocycles. The third kappa shape index (κ3) is 3.15. The van der Waals surface area contributed by atoms with Crippen LogP contribution in [0.15, 0.2) is 36.7 Å². The molecule has 1 atom stereocenters. The molecule has 5 heteroatoms. The zero-order chi connectivity index (χ0) is 18.1. The lowest BCUT2D eigenvalue weighted by molar-refractivity contribution is -0.135. The summed E-state index contributed by atoms with van der Waals surface area (Å²) in [6.07, 6.45) is 6.93. The minimum Gasteiger partial charge on any atom is -0.342 e. The van der Waals surface area contributed by atoms with Crippen molar-refractivity contribution in [2.75, 3.05) is 13.1 Å². The predicted molar refractivity (Wildman–Crippen MR) is 101 cm³/mol. The van der Waals surface area contributed by atoms with E-state index in [4.69, 9.17) is 0 Å². The third-order valence-corrected chi connectivity index (χ3v) is 5.97. The molecule has 1 unspecified atom stereocenters. The lowest BCUT2D eigenvalue weighted by Gasteiger charge is -2.35. The van der Waals surface area contributed by atoms with Crippen molar-refractivity contribution >= 4 is 5.91 Å². The normalized spacial score (nSPS) is 21.8. The van der Waals surface area contributed by atoms with Crippen molar-refractivity contribution in [2.24, 2.45) is 5.92 Å². The fourth-order valence-corrected chi connectivity index (χ4v) is 4.33. The number of carbonyl (C=O) groups is 1. The second-order valence-electron chi connectivity index (χ2n) is 8.16. The van der Waals surface area contributed by atoms with Gasteiger partial charge in [-0.1, -0.05) is 30.3 Å². The van der Waals surface area contributed by atoms with Gasteiger partial charge in [0.05, 0.1) is 5.41 Å². The predicted octanol–water partition coefficient (Wildman–Crippen LogP) is 3.37. The van der Waals surface area contributed by atoms with Gasteiger partial charge in [-0.05, 0) is 51.0 Å². The summed E-state index contributed by atoms with van der Waals surface area (Å²) in [4.78, 5) is 15.4. The number of piperidine rings is 1. The van der Waals surface area contributed by atoms with Crippen LogP contribution in [0.3, 0.4) is 0 Å². The number of amides is 1. The van der Waals surface area contributed by atoms with E-state index in [9.17, 15) is 4.79 Å². The van der Waals surface area contributed by atoms with Gasteiger partial charge in [-0.25, -0.2) is 0 Å². The van der Waals surface area contributed by atoms with Crippen molar-refractivity contribution in [2.45, 2.75) is 57.4 Å². The van der Waals surface area contributed by atoms with Gasteiger partial charge < -0.3 is 9.47 Å². The molecule has 2 aromatic rings. The number of hydrogen-bond acceptors (Lipinski definition) is 3. The summed E-state index contributed by atoms with van der Waals surface area (Å²) < 4.78 is 2.15. The molecule has 2 fully saturated rings. The molecule has 26 heavy (non-hydrogen) atoms. The molecule has 0 spiro atoms. The highest BCUT2D eigenvalue weighted by molar-refractivity contribution is 5.91. The van der Waals surface area contributed by atoms with Crippen LogP contribution in [0.2, 0.25) is 0 Å². The van der Waals surface area contributed by atoms with Crippen LogP contribution >= 0.6 is 0 Å². The Morgan fingerprint density at radius 2 is 2.04 bits per heavy atom. The Morgan fingerprint density at radius 3 is 2.73 bits per heavy atom. The SMILES string of the molecule is CC(C)n1cnnc1CC1CCCN(C(=O)C2(c3ccccc3)CC2)C1. The first-order valence-corrected chi connectivity index (χ1v) is 9.83. The largest absolute Gasteiger partial charge is 0.342 e. The minimum absolute atomic E-state index is 0.249. The highest BCUT2D eigenvalue weighted by Gasteiger charge is 2.53. The van der Waals surface area contributed by atoms with Crippen LogP contribution < -0.4 is 0 Å². The Kier molecular flexibility index (Phi) is 4.55. The van der Waals surface area contributed by atoms with E-state index in [1.165, 1.54) is 5.56 Å². The maximum Gasteiger partial charge on any atom is 0.233 e. The Morgan fingerprint density at radius 1 is 1.27 bits per heavy atom. The van der Waals surface area contributed by atoms with Crippen LogP contribution in [0.25, 0.3) is 0 Å². The van der Waals surface area contributed by atoms with Crippen LogP contribution in [0, 0.1) is 5.92 Å². The summed E-state index contributed by atoms with van der Waals surface area (Å²) >= 11 is 0. The van der Waals surface area contributed by atoms with Crippen molar-refractivity contribution in [3.63, 3.8) is 0 Å². The van der Waals surface area contributed by atoms with E-state index in [2.05, 4.69) is 45.6 Å². The molecule has 1 amide bonds. The maximum atomic E-state index is 13.3. The number of rotatable bonds is 5. The van der Waals surface area contributed by atoms with Crippen LogP contribution in [0.1, 0.15) is 57.0 Å². The summed E-state index contributed by atoms with van der Waals surface area (Å²) in [6.45, 7) is 6.04. The number of aromatic nitrogens is 3. The first kappa shape index (κ1) is 17.3. The first-order valence-electron chi connectivity index (χ1n) is 9.83. The summed E-state index contributed by atoms with van der Waals surface area (Å²) in [7, 11) is 0. The number of benzene rings is 1. The summed E-state index contributed by atoms with van der Waals surface area (Å²) in [5.41, 5.74) is 0.938. The number of carbonyl (C=O) groups excluding carboxylic acids is 1. The molecule has 138 valence electrons. The molecule has 5 nitrogen and oxygen atoms in total. The molecule has 2 heterocycles. The third-order valence-electron chi connectivity index (χ3n) is 5.97. The quantitative estimate of drug-likeness (QED) is 0.829. The standard InChI is InChI=1S/C21H28N4O/c1-16(2)25-15-22-23-19(25)13-17-7-6-12-24(14-17)20(26)21(10-11-21)18-8-4-3-5-9-18/h3-5,8-9,15-17H,6-7,10-14H2,1-2H3. The van der Waals surface area contributed by atoms with Gasteiger partial charge in [-0.2, -0.15) is 0 Å². The van der Waals surface area contributed by atoms with Crippen LogP contribution in [-0.2, 0) is 16.6 Å². The molecule has 0 bridgehead atoms. The van der Waals surface area contributed by atoms with E-state index in [1.54, 1.807) is 0 Å². The fraction of sp³-hybridized carbons (Fsp3) is 0.571. The van der Waals surface area contributed by atoms with Crippen LogP contribution in [0.4, 0.5) is 0 Å². The van der Waals surface area contributed by atoms with Gasteiger partial charge in [0.15, 0.2) is 0 Å². The van der Waals surface area contributed by atoms with E-state index >= 15 is 0 Å². The van der Waals surface area contributed by atoms with Gasteiger partial charge in [0.25, 0.3) is 0 Å². The van der Waals surface area contributed by atoms with Crippen molar-refractivity contribution in [1.82, 2.24) is 19.7 Å². The number of nitrogens with zero attached hydrogens (tertiary/aromatic N) is 4. The lowest BCUT2D eigenvalue weighted by Crippen LogP contribution is -2.45. The van der Waals surface area contributed by atoms with Crippen molar-refractivity contribution in [3.8, 4) is 0 Å². The molecule has 0 radical (unpaired) electrons. The van der Waals surface area contributed by atoms with Gasteiger partial charge in [0, 0.05) is 25.6 Å². The van der Waals surface area contributed by atoms with E-state index in [0.29, 0.717) is 17.9 Å². The minimum atomic E-state index is -0.249. The Bertz CT molecular complexity index is 763. The smallest absolute Gasteiger partial charge is 0.233 e. The summed E-state index contributed by atoms with van der Waals surface area (Å²) in [5, 5.41) is 8.40. The Hall–Kier alpha value is -2.17. The molecule has 4 rings (SSSR count). The molecular formula is C21H28N4O. The van der Waals surface area contributed by atoms with E-state index in [-0.39, 0.29) is 5.41 Å². The van der Waals surface area contributed by atoms with Gasteiger partial charge >= 0.3 is 0 Å². The fourth-order valence-electron chi connectivity index (χ4n) is 4.33. The maximum absolute atomic E-state index is 13.3. The number of likely N-dealkylation sites (tertiary alicyclic amines) is 1. The molecule has 1 aromatic carbocycles. The van der Waals surface area contributed by atoms with Gasteiger partial charge in [0.2, 0.25) is 5.91 Å². The molecular weight excluding hydrogens is 324 g/mol. The highest BCUT2D eigenvalue weighted by atomic mass is 16.2. The van der Waals surface area contributed by atoms with E-state index < -0.39 is 0 Å². The molecule has 1 aliphatic heterocycles. The topological polar surface area (TPSA) is 51.0 Å². The second-order valence-corrected chi connectivity index (χ2v) is 8.16. The average Bonchev–Trinajstić information content (AvgIpc) is 3.35. The summed E-state index contributed by atoms with van der Waals surface area (Å²) in [6, 6.07) is 10.7. The second kappa shape index (κ2) is 6.86. The zero-order valence-corrected chi connectivity index (χ0v) is 15.8. The Balaban J connectivity index is 1.45. The van der Waals surface area contributed by atoms with Crippen LogP contribution in [0.5, 0.6) is 0 Å². The van der Waals surface area contributed by atoms with Crippen LogP contribution in [-0.4, -0.2) is 38.7 Å². The van der Waals surface area contributed by atoms with E-state index in [1.807, 2.05) is 24.5 Å². The molecule has 2 aliphatic rings. The first-order chi connectivity index (χ1) is 12.6. The molecule has 0 N–H and O–H groups in total. The van der Waals surface area contributed by atoms with Gasteiger partial charge in [0.1, 0.15) is 12.2 Å². The monoisotopic (exact) mass is 352 g/mol. The van der Waals surface area contributed by atoms with Gasteiger partial charge in [-0.15, -0.1) is 10.2 Å². The average molecular weight is 352 g/mol. The lowest BCUT2D eigenvalue weighted by atomic mass is 9.90. The number of hydrogen-bond donors (Lipinski definition) is 0. The van der Waals surface area contributed by atoms with Crippen molar-refractivity contribution in [1.29, 1.82) is 0 Å². The molecule has 1 aliphatic carbocycles. The highest BCUT2D eigenvalue weighted by Crippen LogP contribution is 2.50. The van der Waals surface area contributed by atoms with Gasteiger partial charge in [-0.3, -0.25) is 4.79 Å². The molecule has 1 saturated carbocycles. The van der Waals surface area contributed by atoms with Crippen molar-refractivity contribution in [3.05, 3.63) is 48.0 Å². The molecule has 1 saturated heterocycles.